The molecule has 1 aliphatic heterocycles. The Labute approximate surface area is 127 Å². The van der Waals surface area contributed by atoms with Crippen LogP contribution in [0.15, 0.2) is 23.4 Å². The number of pyridine rings is 1. The van der Waals surface area contributed by atoms with Gasteiger partial charge in [0.15, 0.2) is 0 Å². The van der Waals surface area contributed by atoms with E-state index >= 15 is 0 Å². The summed E-state index contributed by atoms with van der Waals surface area (Å²) in [6.07, 6.45) is 3.82. The van der Waals surface area contributed by atoms with Gasteiger partial charge in [-0.25, -0.2) is 13.1 Å². The Morgan fingerprint density at radius 1 is 1.48 bits per heavy atom. The van der Waals surface area contributed by atoms with Crippen molar-refractivity contribution in [2.75, 3.05) is 32.0 Å². The molecule has 1 saturated heterocycles. The molecule has 6 nitrogen and oxygen atoms in total. The van der Waals surface area contributed by atoms with Crippen LogP contribution in [0, 0.1) is 5.92 Å². The molecule has 2 atom stereocenters. The summed E-state index contributed by atoms with van der Waals surface area (Å²) < 4.78 is 28.1. The fourth-order valence-corrected chi connectivity index (χ4v) is 4.23. The number of rotatable bonds is 5. The highest BCUT2D eigenvalue weighted by atomic mass is 32.2. The average Bonchev–Trinajstić information content (AvgIpc) is 2.43. The van der Waals surface area contributed by atoms with E-state index in [0.29, 0.717) is 12.2 Å². The molecule has 1 aliphatic rings. The van der Waals surface area contributed by atoms with Crippen LogP contribution in [0.4, 0.5) is 5.69 Å². The van der Waals surface area contributed by atoms with Gasteiger partial charge in [0, 0.05) is 31.5 Å². The normalized spacial score (nSPS) is 24.0. The van der Waals surface area contributed by atoms with E-state index in [-0.39, 0.29) is 16.9 Å². The SMILES string of the molecule is CCNc1ccncc1S(=O)(=O)NC1CCN(C)CC1C. The molecule has 2 rings (SSSR count). The van der Waals surface area contributed by atoms with Crippen LogP contribution in [0.3, 0.4) is 0 Å². The van der Waals surface area contributed by atoms with Gasteiger partial charge in [-0.3, -0.25) is 4.98 Å². The van der Waals surface area contributed by atoms with Gasteiger partial charge in [-0.15, -0.1) is 0 Å². The first-order chi connectivity index (χ1) is 9.94. The summed E-state index contributed by atoms with van der Waals surface area (Å²) >= 11 is 0. The predicted octanol–water partition coefficient (Wildman–Crippen LogP) is 1.13. The quantitative estimate of drug-likeness (QED) is 0.852. The van der Waals surface area contributed by atoms with Crippen LogP contribution >= 0.6 is 0 Å². The third-order valence-corrected chi connectivity index (χ3v) is 5.37. The first kappa shape index (κ1) is 16.2. The maximum atomic E-state index is 12.6. The number of hydrogen-bond acceptors (Lipinski definition) is 5. The van der Waals surface area contributed by atoms with Crippen molar-refractivity contribution in [2.45, 2.75) is 31.2 Å². The summed E-state index contributed by atoms with van der Waals surface area (Å²) in [5.74, 6) is 0.290. The summed E-state index contributed by atoms with van der Waals surface area (Å²) in [5, 5.41) is 3.07. The van der Waals surface area contributed by atoms with Crippen molar-refractivity contribution in [3.63, 3.8) is 0 Å². The van der Waals surface area contributed by atoms with Crippen LogP contribution in [0.5, 0.6) is 0 Å². The second-order valence-electron chi connectivity index (χ2n) is 5.66. The second-order valence-corrected chi connectivity index (χ2v) is 7.34. The second kappa shape index (κ2) is 6.72. The Morgan fingerprint density at radius 2 is 2.24 bits per heavy atom. The number of nitrogens with one attached hydrogen (secondary N) is 2. The summed E-state index contributed by atoms with van der Waals surface area (Å²) in [4.78, 5) is 6.40. The van der Waals surface area contributed by atoms with Crippen molar-refractivity contribution >= 4 is 15.7 Å². The van der Waals surface area contributed by atoms with E-state index in [1.807, 2.05) is 6.92 Å². The lowest BCUT2D eigenvalue weighted by Gasteiger charge is -2.35. The van der Waals surface area contributed by atoms with Crippen LogP contribution in [-0.2, 0) is 10.0 Å². The maximum absolute atomic E-state index is 12.6. The zero-order valence-corrected chi connectivity index (χ0v) is 13.7. The summed E-state index contributed by atoms with van der Waals surface area (Å²) in [6, 6.07) is 1.66. The fourth-order valence-electron chi connectivity index (χ4n) is 2.72. The molecule has 2 unspecified atom stereocenters. The molecule has 0 amide bonds. The van der Waals surface area contributed by atoms with Crippen molar-refractivity contribution in [1.29, 1.82) is 0 Å². The van der Waals surface area contributed by atoms with E-state index in [1.165, 1.54) is 6.20 Å². The standard InChI is InChI=1S/C14H24N4O2S/c1-4-16-13-5-7-15-9-14(13)21(19,20)17-12-6-8-18(3)10-11(12)2/h5,7,9,11-12,17H,4,6,8,10H2,1-3H3,(H,15,16). The molecule has 0 saturated carbocycles. The third-order valence-electron chi connectivity index (χ3n) is 3.86. The summed E-state index contributed by atoms with van der Waals surface area (Å²) in [5.41, 5.74) is 0.598. The summed E-state index contributed by atoms with van der Waals surface area (Å²) in [7, 11) is -1.50. The average molecular weight is 312 g/mol. The number of nitrogens with zero attached hydrogens (tertiary/aromatic N) is 2. The van der Waals surface area contributed by atoms with Crippen LogP contribution in [-0.4, -0.2) is 51.0 Å². The Hall–Kier alpha value is -1.18. The van der Waals surface area contributed by atoms with Crippen LogP contribution < -0.4 is 10.0 Å². The highest BCUT2D eigenvalue weighted by Gasteiger charge is 2.29. The molecule has 1 aromatic heterocycles. The lowest BCUT2D eigenvalue weighted by Crippen LogP contribution is -2.48. The van der Waals surface area contributed by atoms with Crippen LogP contribution in [0.2, 0.25) is 0 Å². The van der Waals surface area contributed by atoms with E-state index in [2.05, 4.69) is 33.9 Å². The van der Waals surface area contributed by atoms with E-state index in [9.17, 15) is 8.42 Å². The molecule has 0 spiro atoms. The van der Waals surface area contributed by atoms with Gasteiger partial charge in [0.2, 0.25) is 10.0 Å². The first-order valence-electron chi connectivity index (χ1n) is 7.32. The van der Waals surface area contributed by atoms with Gasteiger partial charge < -0.3 is 10.2 Å². The van der Waals surface area contributed by atoms with Crippen molar-refractivity contribution in [1.82, 2.24) is 14.6 Å². The first-order valence-corrected chi connectivity index (χ1v) is 8.81. The Kier molecular flexibility index (Phi) is 5.18. The molecule has 0 bridgehead atoms. The van der Waals surface area contributed by atoms with Crippen LogP contribution in [0.1, 0.15) is 20.3 Å². The maximum Gasteiger partial charge on any atom is 0.244 e. The summed E-state index contributed by atoms with van der Waals surface area (Å²) in [6.45, 7) is 6.49. The predicted molar refractivity (Wildman–Crippen MR) is 83.8 cm³/mol. The number of sulfonamides is 1. The van der Waals surface area contributed by atoms with Crippen molar-refractivity contribution in [3.8, 4) is 0 Å². The highest BCUT2D eigenvalue weighted by Crippen LogP contribution is 2.22. The van der Waals surface area contributed by atoms with Gasteiger partial charge in [-0.05, 0) is 38.9 Å². The Morgan fingerprint density at radius 3 is 2.90 bits per heavy atom. The minimum absolute atomic E-state index is 0.0270. The lowest BCUT2D eigenvalue weighted by molar-refractivity contribution is 0.188. The molecule has 118 valence electrons. The number of piperidine rings is 1. The minimum Gasteiger partial charge on any atom is -0.384 e. The molecule has 7 heteroatoms. The van der Waals surface area contributed by atoms with Crippen molar-refractivity contribution in [3.05, 3.63) is 18.5 Å². The van der Waals surface area contributed by atoms with Gasteiger partial charge in [0.25, 0.3) is 0 Å². The molecule has 2 heterocycles. The van der Waals surface area contributed by atoms with Crippen molar-refractivity contribution < 1.29 is 8.42 Å². The largest absolute Gasteiger partial charge is 0.384 e. The van der Waals surface area contributed by atoms with Gasteiger partial charge in [-0.2, -0.15) is 0 Å². The topological polar surface area (TPSA) is 74.3 Å². The molecule has 0 aromatic carbocycles. The smallest absolute Gasteiger partial charge is 0.244 e. The van der Waals surface area contributed by atoms with Gasteiger partial charge in [-0.1, -0.05) is 6.92 Å². The number of likely N-dealkylation sites (tertiary alicyclic amines) is 1. The highest BCUT2D eigenvalue weighted by molar-refractivity contribution is 7.89. The van der Waals surface area contributed by atoms with Gasteiger partial charge >= 0.3 is 0 Å². The van der Waals surface area contributed by atoms with E-state index in [1.54, 1.807) is 12.3 Å². The zero-order valence-electron chi connectivity index (χ0n) is 12.8. The van der Waals surface area contributed by atoms with E-state index in [0.717, 1.165) is 19.5 Å². The fraction of sp³-hybridized carbons (Fsp3) is 0.643. The molecule has 0 aliphatic carbocycles. The van der Waals surface area contributed by atoms with Gasteiger partial charge in [0.05, 0.1) is 5.69 Å². The molecule has 0 radical (unpaired) electrons. The number of hydrogen-bond donors (Lipinski definition) is 2. The zero-order chi connectivity index (χ0) is 15.5. The monoisotopic (exact) mass is 312 g/mol. The molecule has 1 aromatic rings. The number of anilines is 1. The number of aromatic nitrogens is 1. The lowest BCUT2D eigenvalue weighted by atomic mass is 9.95. The van der Waals surface area contributed by atoms with Gasteiger partial charge in [0.1, 0.15) is 4.90 Å². The molecule has 21 heavy (non-hydrogen) atoms. The van der Waals surface area contributed by atoms with Crippen molar-refractivity contribution in [2.24, 2.45) is 5.92 Å². The molecular weight excluding hydrogens is 288 g/mol. The molecular formula is C14H24N4O2S. The van der Waals surface area contributed by atoms with E-state index in [4.69, 9.17) is 0 Å². The molecule has 2 N–H and O–H groups in total. The van der Waals surface area contributed by atoms with Crippen LogP contribution in [0.25, 0.3) is 0 Å². The van der Waals surface area contributed by atoms with E-state index < -0.39 is 10.0 Å². The third kappa shape index (κ3) is 3.93. The Bertz CT molecular complexity index is 576. The minimum atomic E-state index is -3.56. The molecule has 1 fully saturated rings. The Balaban J connectivity index is 2.19.